The Morgan fingerprint density at radius 3 is 2.80 bits per heavy atom. The number of carbonyl (C=O) groups is 1. The highest BCUT2D eigenvalue weighted by Gasteiger charge is 2.08. The van der Waals surface area contributed by atoms with Crippen molar-refractivity contribution in [2.45, 2.75) is 33.4 Å². The first-order valence-corrected chi connectivity index (χ1v) is 8.08. The third-order valence-corrected chi connectivity index (χ3v) is 3.86. The molecule has 1 amide bonds. The Balaban J connectivity index is 1.55. The summed E-state index contributed by atoms with van der Waals surface area (Å²) in [6, 6.07) is 8.54. The number of hydrogen-bond acceptors (Lipinski definition) is 3. The second-order valence-electron chi connectivity index (χ2n) is 5.97. The average molecular weight is 341 g/mol. The third kappa shape index (κ3) is 4.32. The van der Waals surface area contributed by atoms with Gasteiger partial charge in [0, 0.05) is 30.4 Å². The van der Waals surface area contributed by atoms with Gasteiger partial charge in [0.25, 0.3) is 0 Å². The van der Waals surface area contributed by atoms with Crippen LogP contribution >= 0.6 is 0 Å². The van der Waals surface area contributed by atoms with Crippen molar-refractivity contribution in [1.82, 2.24) is 19.6 Å². The molecule has 0 aliphatic heterocycles. The van der Waals surface area contributed by atoms with Crippen LogP contribution in [0.2, 0.25) is 0 Å². The highest BCUT2D eigenvalue weighted by atomic mass is 19.1. The minimum Gasteiger partial charge on any atom is -0.323 e. The van der Waals surface area contributed by atoms with Gasteiger partial charge in [0.15, 0.2) is 0 Å². The molecular weight excluding hydrogens is 321 g/mol. The fourth-order valence-corrected chi connectivity index (χ4v) is 2.65. The summed E-state index contributed by atoms with van der Waals surface area (Å²) in [5.41, 5.74) is 3.11. The Hall–Kier alpha value is -2.96. The van der Waals surface area contributed by atoms with Crippen LogP contribution in [0.15, 0.2) is 42.7 Å². The second-order valence-corrected chi connectivity index (χ2v) is 5.97. The lowest BCUT2D eigenvalue weighted by molar-refractivity contribution is -0.116. The summed E-state index contributed by atoms with van der Waals surface area (Å²) in [5, 5.41) is 11.3. The molecule has 25 heavy (non-hydrogen) atoms. The minimum absolute atomic E-state index is 0.113. The van der Waals surface area contributed by atoms with Crippen LogP contribution in [0.1, 0.15) is 23.4 Å². The van der Waals surface area contributed by atoms with E-state index in [1.165, 1.54) is 6.07 Å². The van der Waals surface area contributed by atoms with Crippen LogP contribution in [0.5, 0.6) is 0 Å². The number of benzene rings is 1. The summed E-state index contributed by atoms with van der Waals surface area (Å²) in [5.74, 6) is -0.383. The highest BCUT2D eigenvalue weighted by Crippen LogP contribution is 2.11. The molecule has 1 aromatic carbocycles. The Morgan fingerprint density at radius 2 is 2.08 bits per heavy atom. The van der Waals surface area contributed by atoms with E-state index in [4.69, 9.17) is 0 Å². The van der Waals surface area contributed by atoms with Gasteiger partial charge in [-0.3, -0.25) is 14.2 Å². The number of hydrogen-bond donors (Lipinski definition) is 1. The lowest BCUT2D eigenvalue weighted by Crippen LogP contribution is -2.15. The van der Waals surface area contributed by atoms with Crippen molar-refractivity contribution in [3.05, 3.63) is 65.5 Å². The number of halogens is 1. The molecule has 7 heteroatoms. The minimum atomic E-state index is -0.270. The fourth-order valence-electron chi connectivity index (χ4n) is 2.65. The molecule has 0 bridgehead atoms. The molecule has 2 heterocycles. The smallest absolute Gasteiger partial charge is 0.226 e. The van der Waals surface area contributed by atoms with Gasteiger partial charge in [-0.15, -0.1) is 0 Å². The first kappa shape index (κ1) is 16.9. The van der Waals surface area contributed by atoms with Gasteiger partial charge in [-0.25, -0.2) is 4.39 Å². The molecule has 0 aliphatic rings. The molecule has 3 aromatic rings. The lowest BCUT2D eigenvalue weighted by atomic mass is 10.2. The monoisotopic (exact) mass is 341 g/mol. The molecule has 130 valence electrons. The van der Waals surface area contributed by atoms with E-state index in [0.717, 1.165) is 11.4 Å². The van der Waals surface area contributed by atoms with Crippen LogP contribution in [0.4, 0.5) is 10.1 Å². The lowest BCUT2D eigenvalue weighted by Gasteiger charge is -2.05. The summed E-state index contributed by atoms with van der Waals surface area (Å²) in [7, 11) is 0. The molecule has 0 saturated heterocycles. The summed E-state index contributed by atoms with van der Waals surface area (Å²) in [6.07, 6.45) is 3.57. The van der Waals surface area contributed by atoms with Gasteiger partial charge in [0.05, 0.1) is 24.1 Å². The van der Waals surface area contributed by atoms with Crippen molar-refractivity contribution in [3.8, 4) is 0 Å². The van der Waals surface area contributed by atoms with Gasteiger partial charge in [-0.1, -0.05) is 18.2 Å². The number of amides is 1. The van der Waals surface area contributed by atoms with Crippen LogP contribution in [0, 0.1) is 19.7 Å². The maximum Gasteiger partial charge on any atom is 0.226 e. The Labute approximate surface area is 145 Å². The van der Waals surface area contributed by atoms with Gasteiger partial charge in [0.2, 0.25) is 5.91 Å². The molecule has 3 rings (SSSR count). The largest absolute Gasteiger partial charge is 0.323 e. The predicted molar refractivity (Wildman–Crippen MR) is 92.7 cm³/mol. The van der Waals surface area contributed by atoms with Gasteiger partial charge in [-0.2, -0.15) is 10.2 Å². The molecule has 0 unspecified atom stereocenters. The van der Waals surface area contributed by atoms with E-state index < -0.39 is 0 Å². The van der Waals surface area contributed by atoms with Gasteiger partial charge in [-0.05, 0) is 26.0 Å². The molecule has 2 aromatic heterocycles. The quantitative estimate of drug-likeness (QED) is 0.750. The normalized spacial score (nSPS) is 10.8. The van der Waals surface area contributed by atoms with E-state index in [2.05, 4.69) is 15.5 Å². The number of rotatable bonds is 6. The molecule has 0 fully saturated rings. The zero-order valence-corrected chi connectivity index (χ0v) is 14.2. The van der Waals surface area contributed by atoms with Crippen LogP contribution in [-0.4, -0.2) is 25.5 Å². The fraction of sp³-hybridized carbons (Fsp3) is 0.278. The number of nitrogens with zero attached hydrogens (tertiary/aromatic N) is 4. The maximum absolute atomic E-state index is 13.7. The molecule has 0 spiro atoms. The van der Waals surface area contributed by atoms with Gasteiger partial charge in [0.1, 0.15) is 5.82 Å². The number of aromatic nitrogens is 4. The van der Waals surface area contributed by atoms with Crippen molar-refractivity contribution >= 4 is 11.6 Å². The number of aryl methyl sites for hydroxylation is 3. The molecule has 0 saturated carbocycles. The highest BCUT2D eigenvalue weighted by molar-refractivity contribution is 5.90. The van der Waals surface area contributed by atoms with E-state index in [1.807, 2.05) is 24.6 Å². The van der Waals surface area contributed by atoms with E-state index in [0.29, 0.717) is 30.8 Å². The summed E-state index contributed by atoms with van der Waals surface area (Å²) in [4.78, 5) is 12.1. The van der Waals surface area contributed by atoms with Crippen molar-refractivity contribution in [3.63, 3.8) is 0 Å². The molecule has 0 aliphatic carbocycles. The van der Waals surface area contributed by atoms with Crippen LogP contribution in [0.25, 0.3) is 0 Å². The molecule has 6 nitrogen and oxygen atoms in total. The molecule has 0 atom stereocenters. The zero-order valence-electron chi connectivity index (χ0n) is 14.2. The summed E-state index contributed by atoms with van der Waals surface area (Å²) in [6.45, 7) is 4.72. The van der Waals surface area contributed by atoms with E-state index in [9.17, 15) is 9.18 Å². The topological polar surface area (TPSA) is 64.7 Å². The average Bonchev–Trinajstić information content (AvgIpc) is 3.13. The predicted octanol–water partition coefficient (Wildman–Crippen LogP) is 2.91. The second kappa shape index (κ2) is 7.29. The zero-order chi connectivity index (χ0) is 17.8. The van der Waals surface area contributed by atoms with E-state index in [1.54, 1.807) is 35.3 Å². The summed E-state index contributed by atoms with van der Waals surface area (Å²) < 4.78 is 17.1. The molecular formula is C18H20FN5O. The number of nitrogens with one attached hydrogen (secondary N) is 1. The molecule has 1 N–H and O–H groups in total. The van der Waals surface area contributed by atoms with Crippen LogP contribution in [0.3, 0.4) is 0 Å². The standard InChI is InChI=1S/C18H20FN5O/c1-13-9-14(2)24(22-13)8-7-18(25)21-16-10-20-23(12-16)11-15-5-3-4-6-17(15)19/h3-6,9-10,12H,7-8,11H2,1-2H3,(H,21,25). The Kier molecular flexibility index (Phi) is 4.92. The Bertz CT molecular complexity index is 883. The first-order valence-electron chi connectivity index (χ1n) is 8.08. The van der Waals surface area contributed by atoms with Crippen molar-refractivity contribution in [1.29, 1.82) is 0 Å². The number of anilines is 1. The van der Waals surface area contributed by atoms with Gasteiger partial charge >= 0.3 is 0 Å². The first-order chi connectivity index (χ1) is 12.0. The van der Waals surface area contributed by atoms with Crippen LogP contribution in [-0.2, 0) is 17.9 Å². The van der Waals surface area contributed by atoms with Crippen molar-refractivity contribution < 1.29 is 9.18 Å². The third-order valence-electron chi connectivity index (χ3n) is 3.86. The number of carbonyl (C=O) groups excluding carboxylic acids is 1. The van der Waals surface area contributed by atoms with E-state index >= 15 is 0 Å². The SMILES string of the molecule is Cc1cc(C)n(CCC(=O)Nc2cnn(Cc3ccccc3F)c2)n1. The van der Waals surface area contributed by atoms with Crippen molar-refractivity contribution in [2.24, 2.45) is 0 Å². The van der Waals surface area contributed by atoms with Crippen molar-refractivity contribution in [2.75, 3.05) is 5.32 Å². The van der Waals surface area contributed by atoms with E-state index in [-0.39, 0.29) is 11.7 Å². The van der Waals surface area contributed by atoms with Gasteiger partial charge < -0.3 is 5.32 Å². The summed E-state index contributed by atoms with van der Waals surface area (Å²) >= 11 is 0. The Morgan fingerprint density at radius 1 is 1.28 bits per heavy atom. The maximum atomic E-state index is 13.7. The van der Waals surface area contributed by atoms with Crippen LogP contribution < -0.4 is 5.32 Å². The molecule has 0 radical (unpaired) electrons.